The average molecular weight is 217 g/mol. The number of hydrogen-bond acceptors (Lipinski definition) is 5. The number of H-pyrrole nitrogens is 1. The van der Waals surface area contributed by atoms with Crippen LogP contribution in [0.15, 0.2) is 12.4 Å². The molecule has 0 fully saturated rings. The molecule has 86 valence electrons. The van der Waals surface area contributed by atoms with Crippen molar-refractivity contribution in [1.82, 2.24) is 10.2 Å². The molecule has 1 aromatic heterocycles. The van der Waals surface area contributed by atoms with E-state index in [1.807, 2.05) is 0 Å². The van der Waals surface area contributed by atoms with Crippen LogP contribution in [0.25, 0.3) is 0 Å². The number of aromatic hydroxyl groups is 1. The lowest BCUT2D eigenvalue weighted by molar-refractivity contribution is -0.137. The van der Waals surface area contributed by atoms with Gasteiger partial charge in [0.15, 0.2) is 11.7 Å². The smallest absolute Gasteiger partial charge is 0.302 e. The summed E-state index contributed by atoms with van der Waals surface area (Å²) in [7, 11) is 1.35. The number of carbonyl (C=O) groups excluding carboxylic acids is 1. The van der Waals surface area contributed by atoms with Crippen molar-refractivity contribution in [3.63, 3.8) is 0 Å². The van der Waals surface area contributed by atoms with E-state index in [2.05, 4.69) is 26.4 Å². The molecular weight excluding hydrogens is 202 g/mol. The molecule has 0 atom stereocenters. The second kappa shape index (κ2) is 9.84. The van der Waals surface area contributed by atoms with E-state index in [0.717, 1.165) is 0 Å². The van der Waals surface area contributed by atoms with E-state index in [1.165, 1.54) is 26.4 Å². The number of methoxy groups -OCH3 is 1. The number of aromatic nitrogens is 2. The molecule has 1 aromatic rings. The minimum atomic E-state index is -0.333. The van der Waals surface area contributed by atoms with Crippen molar-refractivity contribution in [3.8, 4) is 5.75 Å². The van der Waals surface area contributed by atoms with Gasteiger partial charge in [-0.25, -0.2) is 0 Å². The van der Waals surface area contributed by atoms with Crippen molar-refractivity contribution in [3.05, 3.63) is 12.4 Å². The van der Waals surface area contributed by atoms with E-state index in [0.29, 0.717) is 0 Å². The highest BCUT2D eigenvalue weighted by Gasteiger charge is 1.77. The summed E-state index contributed by atoms with van der Waals surface area (Å²) >= 11 is 0. The Morgan fingerprint density at radius 3 is 2.13 bits per heavy atom. The quantitative estimate of drug-likeness (QED) is 0.216. The van der Waals surface area contributed by atoms with Gasteiger partial charge in [-0.3, -0.25) is 15.3 Å². The molecule has 0 aliphatic heterocycles. The standard InChI is InChI=1S/C3H4N2O.C3H6O2.CH5N3/c6-3-1-4-5-2-3;1-3(4)5-2;2-1(3)4/h1-2,6H,(H,4,5);1-2H3;(H5,2,3,4). The molecule has 0 unspecified atom stereocenters. The zero-order valence-electron chi connectivity index (χ0n) is 8.52. The molecule has 0 aromatic carbocycles. The SMILES string of the molecule is COC(C)=O.N=C(N)N.Oc1cn[nH]c1. The maximum atomic E-state index is 9.59. The minimum absolute atomic E-state index is 0.176. The van der Waals surface area contributed by atoms with Gasteiger partial charge in [-0.05, 0) is 0 Å². The first-order chi connectivity index (χ1) is 6.90. The maximum absolute atomic E-state index is 9.59. The molecular formula is C7H15N5O3. The number of nitrogens with zero attached hydrogens (tertiary/aromatic N) is 1. The highest BCUT2D eigenvalue weighted by atomic mass is 16.5. The molecule has 15 heavy (non-hydrogen) atoms. The lowest BCUT2D eigenvalue weighted by Crippen LogP contribution is -2.20. The zero-order chi connectivity index (χ0) is 12.3. The third-order valence-corrected chi connectivity index (χ3v) is 0.771. The fourth-order valence-corrected chi connectivity index (χ4v) is 0.244. The average Bonchev–Trinajstić information content (AvgIpc) is 2.56. The molecule has 0 amide bonds. The molecule has 0 spiro atoms. The Morgan fingerprint density at radius 2 is 2.07 bits per heavy atom. The first-order valence-electron chi connectivity index (χ1n) is 3.72. The Hall–Kier alpha value is -2.25. The molecule has 0 radical (unpaired) electrons. The normalized spacial score (nSPS) is 7.33. The highest BCUT2D eigenvalue weighted by Crippen LogP contribution is 1.97. The second-order valence-corrected chi connectivity index (χ2v) is 2.11. The number of carbonyl (C=O) groups is 1. The second-order valence-electron chi connectivity index (χ2n) is 2.11. The largest absolute Gasteiger partial charge is 0.505 e. The number of ether oxygens (including phenoxy) is 1. The Labute approximate surface area is 86.7 Å². The van der Waals surface area contributed by atoms with Gasteiger partial charge in [0.1, 0.15) is 0 Å². The van der Waals surface area contributed by atoms with Crippen molar-refractivity contribution in [2.24, 2.45) is 11.5 Å². The molecule has 0 saturated heterocycles. The number of hydrogen-bond donors (Lipinski definition) is 5. The zero-order valence-corrected chi connectivity index (χ0v) is 8.52. The fourth-order valence-electron chi connectivity index (χ4n) is 0.244. The van der Waals surface area contributed by atoms with Crippen molar-refractivity contribution in [1.29, 1.82) is 5.41 Å². The number of guanidine groups is 1. The minimum Gasteiger partial charge on any atom is -0.505 e. The van der Waals surface area contributed by atoms with Crippen LogP contribution in [-0.4, -0.2) is 34.3 Å². The lowest BCUT2D eigenvalue weighted by Gasteiger charge is -1.80. The van der Waals surface area contributed by atoms with Crippen LogP contribution in [0.1, 0.15) is 6.92 Å². The van der Waals surface area contributed by atoms with E-state index in [1.54, 1.807) is 0 Å². The molecule has 1 heterocycles. The number of nitrogens with one attached hydrogen (secondary N) is 2. The van der Waals surface area contributed by atoms with Gasteiger partial charge in [0.25, 0.3) is 0 Å². The lowest BCUT2D eigenvalue weighted by atomic mass is 10.7. The first-order valence-corrected chi connectivity index (χ1v) is 3.72. The summed E-state index contributed by atoms with van der Waals surface area (Å²) in [5.74, 6) is -0.403. The van der Waals surface area contributed by atoms with E-state index in [4.69, 9.17) is 10.5 Å². The van der Waals surface area contributed by atoms with Gasteiger partial charge in [0.05, 0.1) is 19.5 Å². The van der Waals surface area contributed by atoms with Crippen LogP contribution < -0.4 is 11.5 Å². The van der Waals surface area contributed by atoms with Gasteiger partial charge in [0, 0.05) is 6.92 Å². The van der Waals surface area contributed by atoms with Gasteiger partial charge in [0.2, 0.25) is 0 Å². The van der Waals surface area contributed by atoms with E-state index in [9.17, 15) is 4.79 Å². The third kappa shape index (κ3) is 24.5. The summed E-state index contributed by atoms with van der Waals surface area (Å²) in [6, 6.07) is 0. The number of nitrogens with two attached hydrogens (primary N) is 2. The molecule has 0 saturated carbocycles. The van der Waals surface area contributed by atoms with Crippen molar-refractivity contribution in [2.75, 3.05) is 7.11 Å². The van der Waals surface area contributed by atoms with E-state index in [-0.39, 0.29) is 17.7 Å². The summed E-state index contributed by atoms with van der Waals surface area (Å²) in [5.41, 5.74) is 8.94. The van der Waals surface area contributed by atoms with Gasteiger partial charge < -0.3 is 21.3 Å². The third-order valence-electron chi connectivity index (χ3n) is 0.771. The molecule has 1 rings (SSSR count). The van der Waals surface area contributed by atoms with Gasteiger partial charge >= 0.3 is 5.97 Å². The van der Waals surface area contributed by atoms with Crippen LogP contribution >= 0.6 is 0 Å². The summed E-state index contributed by atoms with van der Waals surface area (Å²) < 4.78 is 4.11. The van der Waals surface area contributed by atoms with Crippen LogP contribution in [-0.2, 0) is 9.53 Å². The van der Waals surface area contributed by atoms with Crippen molar-refractivity contribution >= 4 is 11.9 Å². The molecule has 8 nitrogen and oxygen atoms in total. The highest BCUT2D eigenvalue weighted by molar-refractivity contribution is 5.71. The summed E-state index contributed by atoms with van der Waals surface area (Å²) in [6.07, 6.45) is 2.74. The van der Waals surface area contributed by atoms with Crippen LogP contribution in [0.3, 0.4) is 0 Å². The van der Waals surface area contributed by atoms with Crippen LogP contribution in [0.2, 0.25) is 0 Å². The Bertz CT molecular complexity index is 268. The van der Waals surface area contributed by atoms with Gasteiger partial charge in [-0.15, -0.1) is 0 Å². The molecule has 7 N–H and O–H groups in total. The predicted molar refractivity (Wildman–Crippen MR) is 54.0 cm³/mol. The molecule has 8 heteroatoms. The summed E-state index contributed by atoms with van der Waals surface area (Å²) in [6.45, 7) is 1.36. The predicted octanol–water partition coefficient (Wildman–Crippen LogP) is -0.867. The Kier molecular flexibility index (Phi) is 9.99. The maximum Gasteiger partial charge on any atom is 0.302 e. The summed E-state index contributed by atoms with van der Waals surface area (Å²) in [5, 5.41) is 20.3. The summed E-state index contributed by atoms with van der Waals surface area (Å²) in [4.78, 5) is 9.59. The number of esters is 1. The van der Waals surface area contributed by atoms with Crippen molar-refractivity contribution in [2.45, 2.75) is 6.92 Å². The monoisotopic (exact) mass is 217 g/mol. The van der Waals surface area contributed by atoms with Crippen LogP contribution in [0, 0.1) is 5.41 Å². The van der Waals surface area contributed by atoms with Crippen LogP contribution in [0.4, 0.5) is 0 Å². The molecule has 0 aliphatic rings. The first kappa shape index (κ1) is 15.2. The molecule has 0 aliphatic carbocycles. The molecule has 0 bridgehead atoms. The van der Waals surface area contributed by atoms with E-state index >= 15 is 0 Å². The Balaban J connectivity index is 0. The van der Waals surface area contributed by atoms with Crippen molar-refractivity contribution < 1.29 is 14.6 Å². The Morgan fingerprint density at radius 1 is 1.67 bits per heavy atom. The van der Waals surface area contributed by atoms with Gasteiger partial charge in [-0.2, -0.15) is 5.10 Å². The topological polar surface area (TPSA) is 151 Å². The number of rotatable bonds is 0. The van der Waals surface area contributed by atoms with E-state index < -0.39 is 0 Å². The van der Waals surface area contributed by atoms with Crippen LogP contribution in [0.5, 0.6) is 5.75 Å². The number of aromatic amines is 1. The fraction of sp³-hybridized carbons (Fsp3) is 0.286. The van der Waals surface area contributed by atoms with Gasteiger partial charge in [-0.1, -0.05) is 0 Å².